The fraction of sp³-hybridized carbons (Fsp3) is 0.562. The van der Waals surface area contributed by atoms with Gasteiger partial charge in [0, 0.05) is 6.04 Å². The Morgan fingerprint density at radius 3 is 2.21 bits per heavy atom. The number of nitrogens with one attached hydrogen (secondary N) is 1. The lowest BCUT2D eigenvalue weighted by atomic mass is 10.1. The van der Waals surface area contributed by atoms with Crippen LogP contribution in [0, 0.1) is 13.8 Å². The highest BCUT2D eigenvalue weighted by atomic mass is 16.5. The second-order valence-corrected chi connectivity index (χ2v) is 5.16. The Bertz CT molecular complexity index is 409. The molecule has 1 N–H and O–H groups in total. The lowest BCUT2D eigenvalue weighted by molar-refractivity contribution is -0.128. The fourth-order valence-corrected chi connectivity index (χ4v) is 1.93. The summed E-state index contributed by atoms with van der Waals surface area (Å²) < 4.78 is 5.82. The minimum absolute atomic E-state index is 0.0315. The van der Waals surface area contributed by atoms with Crippen molar-refractivity contribution < 1.29 is 9.53 Å². The van der Waals surface area contributed by atoms with E-state index in [1.165, 1.54) is 0 Å². The van der Waals surface area contributed by atoms with Crippen LogP contribution in [-0.4, -0.2) is 18.1 Å². The van der Waals surface area contributed by atoms with Crippen molar-refractivity contribution in [1.29, 1.82) is 0 Å². The van der Waals surface area contributed by atoms with Crippen LogP contribution in [0.4, 0.5) is 0 Å². The Morgan fingerprint density at radius 1 is 1.16 bits per heavy atom. The Kier molecular flexibility index (Phi) is 5.87. The van der Waals surface area contributed by atoms with Crippen LogP contribution < -0.4 is 10.1 Å². The molecule has 0 heterocycles. The second kappa shape index (κ2) is 7.17. The van der Waals surface area contributed by atoms with Gasteiger partial charge in [0.15, 0.2) is 6.10 Å². The monoisotopic (exact) mass is 263 g/mol. The number of hydrogen-bond acceptors (Lipinski definition) is 2. The molecular weight excluding hydrogens is 238 g/mol. The van der Waals surface area contributed by atoms with Gasteiger partial charge < -0.3 is 10.1 Å². The predicted molar refractivity (Wildman–Crippen MR) is 78.5 cm³/mol. The third-order valence-corrected chi connectivity index (χ3v) is 3.14. The van der Waals surface area contributed by atoms with Crippen molar-refractivity contribution in [3.05, 3.63) is 29.3 Å². The van der Waals surface area contributed by atoms with Crippen molar-refractivity contribution >= 4 is 5.91 Å². The quantitative estimate of drug-likeness (QED) is 0.854. The molecule has 0 spiro atoms. The van der Waals surface area contributed by atoms with Gasteiger partial charge in [-0.1, -0.05) is 19.9 Å². The summed E-state index contributed by atoms with van der Waals surface area (Å²) in [6.45, 7) is 10.1. The molecule has 2 atom stereocenters. The maximum absolute atomic E-state index is 12.1. The van der Waals surface area contributed by atoms with E-state index >= 15 is 0 Å². The normalized spacial score (nSPS) is 13.7. The number of carbonyl (C=O) groups excluding carboxylic acids is 1. The zero-order chi connectivity index (χ0) is 14.4. The van der Waals surface area contributed by atoms with E-state index in [9.17, 15) is 4.79 Å². The number of ether oxygens (including phenoxy) is 1. The molecule has 1 rings (SSSR count). The van der Waals surface area contributed by atoms with Gasteiger partial charge in [-0.05, 0) is 56.9 Å². The fourth-order valence-electron chi connectivity index (χ4n) is 1.93. The average molecular weight is 263 g/mol. The lowest BCUT2D eigenvalue weighted by Crippen LogP contribution is -2.42. The number of hydrogen-bond donors (Lipinski definition) is 1. The van der Waals surface area contributed by atoms with E-state index in [1.807, 2.05) is 39.8 Å². The van der Waals surface area contributed by atoms with Crippen LogP contribution in [0.3, 0.4) is 0 Å². The first-order valence-electron chi connectivity index (χ1n) is 7.01. The molecule has 0 aliphatic rings. The minimum atomic E-state index is -0.421. The summed E-state index contributed by atoms with van der Waals surface area (Å²) in [5.41, 5.74) is 2.29. The molecule has 2 unspecified atom stereocenters. The molecule has 0 bridgehead atoms. The van der Waals surface area contributed by atoms with Gasteiger partial charge >= 0.3 is 0 Å². The number of aryl methyl sites for hydroxylation is 2. The van der Waals surface area contributed by atoms with E-state index in [2.05, 4.69) is 18.3 Å². The Morgan fingerprint density at radius 2 is 1.74 bits per heavy atom. The highest BCUT2D eigenvalue weighted by Crippen LogP contribution is 2.18. The highest BCUT2D eigenvalue weighted by Gasteiger charge is 2.19. The summed E-state index contributed by atoms with van der Waals surface area (Å²) in [4.78, 5) is 12.1. The zero-order valence-electron chi connectivity index (χ0n) is 12.6. The van der Waals surface area contributed by atoms with E-state index in [1.54, 1.807) is 0 Å². The van der Waals surface area contributed by atoms with Crippen LogP contribution in [0.2, 0.25) is 0 Å². The van der Waals surface area contributed by atoms with E-state index < -0.39 is 6.10 Å². The smallest absolute Gasteiger partial charge is 0.261 e. The van der Waals surface area contributed by atoms with Crippen LogP contribution in [0.25, 0.3) is 0 Å². The summed E-state index contributed by atoms with van der Waals surface area (Å²) in [5.74, 6) is 0.736. The van der Waals surface area contributed by atoms with Crippen molar-refractivity contribution in [1.82, 2.24) is 5.32 Å². The molecule has 1 amide bonds. The molecular formula is C16H25NO2. The number of benzene rings is 1. The van der Waals surface area contributed by atoms with Crippen molar-refractivity contribution in [2.45, 2.75) is 59.6 Å². The maximum Gasteiger partial charge on any atom is 0.261 e. The molecule has 0 saturated heterocycles. The van der Waals surface area contributed by atoms with Gasteiger partial charge in [-0.25, -0.2) is 0 Å². The summed E-state index contributed by atoms with van der Waals surface area (Å²) in [6.07, 6.45) is 1.16. The van der Waals surface area contributed by atoms with Gasteiger partial charge in [-0.3, -0.25) is 4.79 Å². The standard InChI is InChI=1S/C16H25NO2/c1-6-13(5)17-16(18)15(7-2)19-14-9-11(3)8-12(4)10-14/h8-10,13,15H,6-7H2,1-5H3,(H,17,18). The Hall–Kier alpha value is -1.51. The molecule has 0 aliphatic carbocycles. The Balaban J connectivity index is 2.73. The van der Waals surface area contributed by atoms with Crippen LogP contribution in [0.15, 0.2) is 18.2 Å². The average Bonchev–Trinajstić information content (AvgIpc) is 2.34. The molecule has 19 heavy (non-hydrogen) atoms. The third-order valence-electron chi connectivity index (χ3n) is 3.14. The molecule has 1 aromatic carbocycles. The van der Waals surface area contributed by atoms with Crippen LogP contribution in [0.5, 0.6) is 5.75 Å². The first kappa shape index (κ1) is 15.5. The van der Waals surface area contributed by atoms with Gasteiger partial charge in [0.25, 0.3) is 5.91 Å². The number of carbonyl (C=O) groups is 1. The van der Waals surface area contributed by atoms with Crippen LogP contribution in [0.1, 0.15) is 44.7 Å². The maximum atomic E-state index is 12.1. The van der Waals surface area contributed by atoms with Crippen molar-refractivity contribution in [2.24, 2.45) is 0 Å². The van der Waals surface area contributed by atoms with Gasteiger partial charge in [0.05, 0.1) is 0 Å². The largest absolute Gasteiger partial charge is 0.481 e. The summed E-state index contributed by atoms with van der Waals surface area (Å²) in [7, 11) is 0. The first-order valence-corrected chi connectivity index (χ1v) is 7.01. The van der Waals surface area contributed by atoms with E-state index in [0.29, 0.717) is 6.42 Å². The van der Waals surface area contributed by atoms with Crippen LogP contribution >= 0.6 is 0 Å². The first-order chi connectivity index (χ1) is 8.96. The summed E-state index contributed by atoms with van der Waals surface area (Å²) in [6, 6.07) is 6.20. The highest BCUT2D eigenvalue weighted by molar-refractivity contribution is 5.81. The van der Waals surface area contributed by atoms with E-state index in [-0.39, 0.29) is 11.9 Å². The topological polar surface area (TPSA) is 38.3 Å². The van der Waals surface area contributed by atoms with E-state index in [0.717, 1.165) is 23.3 Å². The van der Waals surface area contributed by atoms with Crippen molar-refractivity contribution in [2.75, 3.05) is 0 Å². The lowest BCUT2D eigenvalue weighted by Gasteiger charge is -2.20. The predicted octanol–water partition coefficient (Wildman–Crippen LogP) is 3.38. The third kappa shape index (κ3) is 4.93. The SMILES string of the molecule is CCC(C)NC(=O)C(CC)Oc1cc(C)cc(C)c1. The molecule has 3 heteroatoms. The van der Waals surface area contributed by atoms with Crippen molar-refractivity contribution in [3.8, 4) is 5.75 Å². The van der Waals surface area contributed by atoms with E-state index in [4.69, 9.17) is 4.74 Å². The molecule has 1 aromatic rings. The molecule has 3 nitrogen and oxygen atoms in total. The number of rotatable bonds is 6. The second-order valence-electron chi connectivity index (χ2n) is 5.16. The Labute approximate surface area is 116 Å². The molecule has 0 aromatic heterocycles. The van der Waals surface area contributed by atoms with Crippen LogP contribution in [-0.2, 0) is 4.79 Å². The molecule has 0 radical (unpaired) electrons. The van der Waals surface area contributed by atoms with Gasteiger partial charge in [0.1, 0.15) is 5.75 Å². The zero-order valence-corrected chi connectivity index (χ0v) is 12.6. The van der Waals surface area contributed by atoms with Crippen molar-refractivity contribution in [3.63, 3.8) is 0 Å². The van der Waals surface area contributed by atoms with Gasteiger partial charge in [0.2, 0.25) is 0 Å². The summed E-state index contributed by atoms with van der Waals surface area (Å²) >= 11 is 0. The molecule has 0 fully saturated rings. The molecule has 0 aliphatic heterocycles. The molecule has 0 saturated carbocycles. The minimum Gasteiger partial charge on any atom is -0.481 e. The number of amides is 1. The van der Waals surface area contributed by atoms with Gasteiger partial charge in [-0.2, -0.15) is 0 Å². The molecule has 106 valence electrons. The van der Waals surface area contributed by atoms with Gasteiger partial charge in [-0.15, -0.1) is 0 Å². The summed E-state index contributed by atoms with van der Waals surface area (Å²) in [5, 5.41) is 2.97.